The van der Waals surface area contributed by atoms with Crippen molar-refractivity contribution >= 4 is 5.91 Å². The van der Waals surface area contributed by atoms with Gasteiger partial charge in [-0.1, -0.05) is 6.92 Å². The van der Waals surface area contributed by atoms with Crippen molar-refractivity contribution in [3.63, 3.8) is 0 Å². The maximum Gasteiger partial charge on any atom is 0.251 e. The Bertz CT molecular complexity index is 893. The Kier molecular flexibility index (Phi) is 5.86. The highest BCUT2D eigenvalue weighted by atomic mass is 16.5. The highest BCUT2D eigenvalue weighted by Crippen LogP contribution is 2.40. The van der Waals surface area contributed by atoms with E-state index in [1.165, 1.54) is 0 Å². The molecule has 2 saturated heterocycles. The van der Waals surface area contributed by atoms with Gasteiger partial charge in [0.25, 0.3) is 5.91 Å². The highest BCUT2D eigenvalue weighted by Gasteiger charge is 2.47. The number of piperidine rings is 1. The summed E-state index contributed by atoms with van der Waals surface area (Å²) in [6.07, 6.45) is 7.99. The number of aryl methyl sites for hydroxylation is 1. The number of aromatic nitrogens is 2. The fraction of sp³-hybridized carbons (Fsp3) is 0.652. The Labute approximate surface area is 182 Å². The quantitative estimate of drug-likeness (QED) is 0.760. The number of hydrogen-bond acceptors (Lipinski definition) is 6. The van der Waals surface area contributed by atoms with E-state index in [1.54, 1.807) is 0 Å². The van der Waals surface area contributed by atoms with Gasteiger partial charge >= 0.3 is 0 Å². The number of amides is 1. The summed E-state index contributed by atoms with van der Waals surface area (Å²) in [4.78, 5) is 19.9. The van der Waals surface area contributed by atoms with E-state index in [0.717, 1.165) is 75.7 Å². The number of ether oxygens (including phenoxy) is 2. The van der Waals surface area contributed by atoms with Crippen molar-refractivity contribution in [1.29, 1.82) is 0 Å². The minimum Gasteiger partial charge on any atom is -0.465 e. The maximum atomic E-state index is 12.9. The fourth-order valence-corrected chi connectivity index (χ4v) is 5.00. The van der Waals surface area contributed by atoms with Gasteiger partial charge in [-0.05, 0) is 37.8 Å². The lowest BCUT2D eigenvalue weighted by Gasteiger charge is -2.45. The van der Waals surface area contributed by atoms with Gasteiger partial charge in [-0.2, -0.15) is 0 Å². The predicted molar refractivity (Wildman–Crippen MR) is 113 cm³/mol. The molecule has 1 amide bonds. The van der Waals surface area contributed by atoms with Gasteiger partial charge in [-0.25, -0.2) is 4.98 Å². The van der Waals surface area contributed by atoms with E-state index < -0.39 is 11.7 Å². The summed E-state index contributed by atoms with van der Waals surface area (Å²) in [5.41, 5.74) is -0.512. The molecule has 3 aliphatic heterocycles. The Balaban J connectivity index is 1.23. The van der Waals surface area contributed by atoms with Crippen molar-refractivity contribution in [2.75, 3.05) is 26.2 Å². The van der Waals surface area contributed by atoms with Crippen LogP contribution in [0.5, 0.6) is 0 Å². The third kappa shape index (κ3) is 4.29. The summed E-state index contributed by atoms with van der Waals surface area (Å²) in [5.74, 6) is 2.92. The first kappa shape index (κ1) is 20.7. The van der Waals surface area contributed by atoms with Crippen molar-refractivity contribution in [3.8, 4) is 0 Å². The third-order valence-corrected chi connectivity index (χ3v) is 6.78. The number of imidazole rings is 1. The van der Waals surface area contributed by atoms with Gasteiger partial charge in [0.05, 0.1) is 19.2 Å². The first-order chi connectivity index (χ1) is 15.1. The van der Waals surface area contributed by atoms with Crippen LogP contribution in [-0.4, -0.2) is 58.8 Å². The molecule has 0 saturated carbocycles. The normalized spacial score (nSPS) is 25.6. The SMILES string of the molecule is CCc1ccc(CN2CCC3(CC2)O[C@@H](C(=O)NC[C@H]2CCCO2)Cn2ccnc23)o1. The molecule has 168 valence electrons. The van der Waals surface area contributed by atoms with E-state index in [9.17, 15) is 4.79 Å². The first-order valence-electron chi connectivity index (χ1n) is 11.5. The van der Waals surface area contributed by atoms with Crippen LogP contribution in [0.15, 0.2) is 28.9 Å². The Morgan fingerprint density at radius 3 is 2.87 bits per heavy atom. The molecule has 1 spiro atoms. The van der Waals surface area contributed by atoms with Crippen molar-refractivity contribution < 1.29 is 18.7 Å². The lowest BCUT2D eigenvalue weighted by Crippen LogP contribution is -2.54. The first-order valence-corrected chi connectivity index (χ1v) is 11.5. The van der Waals surface area contributed by atoms with Crippen LogP contribution in [-0.2, 0) is 39.4 Å². The molecule has 8 nitrogen and oxygen atoms in total. The lowest BCUT2D eigenvalue weighted by atomic mass is 9.88. The highest BCUT2D eigenvalue weighted by molar-refractivity contribution is 5.81. The van der Waals surface area contributed by atoms with Crippen LogP contribution in [0.4, 0.5) is 0 Å². The van der Waals surface area contributed by atoms with Crippen molar-refractivity contribution in [3.05, 3.63) is 41.9 Å². The average molecular weight is 429 g/mol. The summed E-state index contributed by atoms with van der Waals surface area (Å²) in [6, 6.07) is 4.13. The summed E-state index contributed by atoms with van der Waals surface area (Å²) >= 11 is 0. The molecule has 2 aromatic heterocycles. The van der Waals surface area contributed by atoms with E-state index in [-0.39, 0.29) is 12.0 Å². The average Bonchev–Trinajstić information content (AvgIpc) is 3.55. The minimum atomic E-state index is -0.512. The summed E-state index contributed by atoms with van der Waals surface area (Å²) in [7, 11) is 0. The monoisotopic (exact) mass is 428 g/mol. The Morgan fingerprint density at radius 1 is 1.29 bits per heavy atom. The van der Waals surface area contributed by atoms with Gasteiger partial charge in [0, 0.05) is 45.1 Å². The maximum absolute atomic E-state index is 12.9. The number of carbonyl (C=O) groups is 1. The van der Waals surface area contributed by atoms with Crippen molar-refractivity contribution in [2.45, 2.75) is 69.9 Å². The number of fused-ring (bicyclic) bond motifs is 2. The van der Waals surface area contributed by atoms with Gasteiger partial charge in [-0.3, -0.25) is 9.69 Å². The molecule has 0 bridgehead atoms. The van der Waals surface area contributed by atoms with E-state index in [4.69, 9.17) is 13.9 Å². The van der Waals surface area contributed by atoms with Crippen LogP contribution < -0.4 is 5.32 Å². The zero-order valence-corrected chi connectivity index (χ0v) is 18.2. The zero-order valence-electron chi connectivity index (χ0n) is 18.2. The van der Waals surface area contributed by atoms with Gasteiger partial charge in [-0.15, -0.1) is 0 Å². The van der Waals surface area contributed by atoms with Crippen LogP contribution >= 0.6 is 0 Å². The van der Waals surface area contributed by atoms with E-state index in [0.29, 0.717) is 13.1 Å². The van der Waals surface area contributed by atoms with E-state index in [1.807, 2.05) is 12.4 Å². The van der Waals surface area contributed by atoms with Crippen molar-refractivity contribution in [1.82, 2.24) is 19.8 Å². The number of likely N-dealkylation sites (tertiary alicyclic amines) is 1. The zero-order chi connectivity index (χ0) is 21.3. The number of carbonyl (C=O) groups excluding carboxylic acids is 1. The lowest BCUT2D eigenvalue weighted by molar-refractivity contribution is -0.174. The smallest absolute Gasteiger partial charge is 0.251 e. The topological polar surface area (TPSA) is 81.8 Å². The molecular weight excluding hydrogens is 396 g/mol. The van der Waals surface area contributed by atoms with Gasteiger partial charge < -0.3 is 23.8 Å². The van der Waals surface area contributed by atoms with Crippen molar-refractivity contribution in [2.24, 2.45) is 0 Å². The number of furan rings is 1. The summed E-state index contributed by atoms with van der Waals surface area (Å²) < 4.78 is 20.1. The Hall–Kier alpha value is -2.16. The van der Waals surface area contributed by atoms with Crippen LogP contribution in [0, 0.1) is 0 Å². The van der Waals surface area contributed by atoms with Crippen LogP contribution in [0.25, 0.3) is 0 Å². The summed E-state index contributed by atoms with van der Waals surface area (Å²) in [5, 5.41) is 3.04. The number of nitrogens with one attached hydrogen (secondary N) is 1. The Morgan fingerprint density at radius 2 is 2.13 bits per heavy atom. The molecule has 31 heavy (non-hydrogen) atoms. The molecule has 0 radical (unpaired) electrons. The minimum absolute atomic E-state index is 0.0562. The molecule has 2 fully saturated rings. The largest absolute Gasteiger partial charge is 0.465 e. The molecule has 1 N–H and O–H groups in total. The van der Waals surface area contributed by atoms with Gasteiger partial charge in [0.1, 0.15) is 22.9 Å². The number of nitrogens with zero attached hydrogens (tertiary/aromatic N) is 3. The molecule has 2 aromatic rings. The predicted octanol–water partition coefficient (Wildman–Crippen LogP) is 2.22. The molecule has 0 aromatic carbocycles. The molecule has 2 atom stereocenters. The van der Waals surface area contributed by atoms with Crippen LogP contribution in [0.2, 0.25) is 0 Å². The van der Waals surface area contributed by atoms with Crippen LogP contribution in [0.1, 0.15) is 50.0 Å². The molecule has 5 rings (SSSR count). The molecule has 0 unspecified atom stereocenters. The number of hydrogen-bond donors (Lipinski definition) is 1. The second kappa shape index (κ2) is 8.76. The molecule has 3 aliphatic rings. The van der Waals surface area contributed by atoms with E-state index >= 15 is 0 Å². The molecule has 0 aliphatic carbocycles. The molecular formula is C23H32N4O4. The third-order valence-electron chi connectivity index (χ3n) is 6.78. The molecule has 5 heterocycles. The second-order valence-electron chi connectivity index (χ2n) is 8.88. The van der Waals surface area contributed by atoms with Crippen LogP contribution in [0.3, 0.4) is 0 Å². The fourth-order valence-electron chi connectivity index (χ4n) is 5.00. The van der Waals surface area contributed by atoms with E-state index in [2.05, 4.69) is 38.8 Å². The van der Waals surface area contributed by atoms with Gasteiger partial charge in [0.2, 0.25) is 0 Å². The molecule has 8 heteroatoms. The van der Waals surface area contributed by atoms with Gasteiger partial charge in [0.15, 0.2) is 6.10 Å². The number of rotatable bonds is 6. The summed E-state index contributed by atoms with van der Waals surface area (Å²) in [6.45, 7) is 6.50. The second-order valence-corrected chi connectivity index (χ2v) is 8.88. The standard InChI is InChI=1S/C23H32N4O4/c1-2-17-5-6-19(30-17)15-26-10-7-23(8-11-26)22-24-9-12-27(22)16-20(31-23)21(28)25-14-18-4-3-13-29-18/h5-6,9,12,18,20H,2-4,7-8,10-11,13-16H2,1H3,(H,25,28)/t18-,20-/m1/s1.